The molecular formula is C21H21FN4O2S. The molecule has 3 rings (SSSR count). The minimum Gasteiger partial charge on any atom is -0.496 e. The van der Waals surface area contributed by atoms with Gasteiger partial charge in [-0.05, 0) is 43.3 Å². The van der Waals surface area contributed by atoms with Crippen molar-refractivity contribution in [1.29, 1.82) is 0 Å². The molecule has 8 heteroatoms. The number of ether oxygens (including phenoxy) is 1. The fraction of sp³-hybridized carbons (Fsp3) is 0.190. The third-order valence-electron chi connectivity index (χ3n) is 4.14. The maximum absolute atomic E-state index is 13.0. The summed E-state index contributed by atoms with van der Waals surface area (Å²) in [6.07, 6.45) is 1.75. The lowest BCUT2D eigenvalue weighted by Gasteiger charge is -2.13. The lowest BCUT2D eigenvalue weighted by molar-refractivity contribution is -0.115. The van der Waals surface area contributed by atoms with E-state index >= 15 is 0 Å². The topological polar surface area (TPSA) is 69.0 Å². The molecule has 1 atom stereocenters. The van der Waals surface area contributed by atoms with Crippen molar-refractivity contribution in [3.63, 3.8) is 0 Å². The van der Waals surface area contributed by atoms with E-state index < -0.39 is 5.25 Å². The monoisotopic (exact) mass is 412 g/mol. The molecule has 1 amide bonds. The minimum atomic E-state index is -0.446. The quantitative estimate of drug-likeness (QED) is 0.439. The van der Waals surface area contributed by atoms with Crippen LogP contribution in [0.2, 0.25) is 0 Å². The Balaban J connectivity index is 1.81. The second-order valence-corrected chi connectivity index (χ2v) is 7.47. The van der Waals surface area contributed by atoms with Crippen LogP contribution in [0.15, 0.2) is 66.3 Å². The van der Waals surface area contributed by atoms with Crippen molar-refractivity contribution in [3.05, 3.63) is 67.0 Å². The predicted molar refractivity (Wildman–Crippen MR) is 113 cm³/mol. The van der Waals surface area contributed by atoms with Crippen molar-refractivity contribution in [3.8, 4) is 17.1 Å². The second-order valence-electron chi connectivity index (χ2n) is 6.16. The average Bonchev–Trinajstić information content (AvgIpc) is 3.12. The molecule has 0 aliphatic heterocycles. The number of hydrogen-bond acceptors (Lipinski definition) is 5. The largest absolute Gasteiger partial charge is 0.496 e. The molecule has 0 bridgehead atoms. The molecule has 3 aromatic rings. The standard InChI is InChI=1S/C21H21FN4O2S/c1-4-13-26-19(17-7-5-6-8-18(17)28-3)24-25-21(26)29-14(2)20(27)23-16-11-9-15(22)10-12-16/h4-12,14H,1,13H2,2-3H3,(H,23,27)/t14-/m0/s1. The molecule has 0 fully saturated rings. The minimum absolute atomic E-state index is 0.214. The number of methoxy groups -OCH3 is 1. The van der Waals surface area contributed by atoms with Crippen molar-refractivity contribution >= 4 is 23.4 Å². The van der Waals surface area contributed by atoms with E-state index in [1.807, 2.05) is 28.8 Å². The molecule has 1 heterocycles. The van der Waals surface area contributed by atoms with Crippen LogP contribution in [0.4, 0.5) is 10.1 Å². The van der Waals surface area contributed by atoms with Gasteiger partial charge in [-0.15, -0.1) is 16.8 Å². The van der Waals surface area contributed by atoms with Crippen molar-refractivity contribution in [2.45, 2.75) is 23.9 Å². The number of carbonyl (C=O) groups is 1. The van der Waals surface area contributed by atoms with Gasteiger partial charge in [-0.3, -0.25) is 9.36 Å². The van der Waals surface area contributed by atoms with E-state index in [0.29, 0.717) is 29.0 Å². The number of para-hydroxylation sites is 1. The second kappa shape index (κ2) is 9.38. The summed E-state index contributed by atoms with van der Waals surface area (Å²) in [6, 6.07) is 13.2. The molecule has 2 aromatic carbocycles. The van der Waals surface area contributed by atoms with Gasteiger partial charge in [0.25, 0.3) is 0 Å². The SMILES string of the molecule is C=CCn1c(S[C@@H](C)C(=O)Nc2ccc(F)cc2)nnc1-c1ccccc1OC. The number of aromatic nitrogens is 3. The molecule has 6 nitrogen and oxygen atoms in total. The van der Waals surface area contributed by atoms with E-state index in [0.717, 1.165) is 5.56 Å². The highest BCUT2D eigenvalue weighted by Crippen LogP contribution is 2.32. The number of nitrogens with one attached hydrogen (secondary N) is 1. The van der Waals surface area contributed by atoms with Gasteiger partial charge in [-0.25, -0.2) is 4.39 Å². The summed E-state index contributed by atoms with van der Waals surface area (Å²) in [4.78, 5) is 12.5. The Bertz CT molecular complexity index is 1000. The molecule has 0 radical (unpaired) electrons. The third-order valence-corrected chi connectivity index (χ3v) is 5.22. The zero-order valence-electron chi connectivity index (χ0n) is 16.1. The Morgan fingerprint density at radius 2 is 2.00 bits per heavy atom. The number of rotatable bonds is 8. The molecular weight excluding hydrogens is 391 g/mol. The molecule has 1 N–H and O–H groups in total. The zero-order valence-corrected chi connectivity index (χ0v) is 16.9. The normalized spacial score (nSPS) is 11.7. The first kappa shape index (κ1) is 20.6. The van der Waals surface area contributed by atoms with Crippen LogP contribution in [0, 0.1) is 5.82 Å². The van der Waals surface area contributed by atoms with Crippen molar-refractivity contribution in [2.75, 3.05) is 12.4 Å². The van der Waals surface area contributed by atoms with Gasteiger partial charge in [0.1, 0.15) is 11.6 Å². The molecule has 0 aliphatic carbocycles. The van der Waals surface area contributed by atoms with Crippen LogP contribution in [0.1, 0.15) is 6.92 Å². The Labute approximate surface area is 172 Å². The highest BCUT2D eigenvalue weighted by molar-refractivity contribution is 8.00. The Morgan fingerprint density at radius 3 is 2.69 bits per heavy atom. The summed E-state index contributed by atoms with van der Waals surface area (Å²) in [5, 5.41) is 11.5. The van der Waals surface area contributed by atoms with Crippen molar-refractivity contribution < 1.29 is 13.9 Å². The Hall–Kier alpha value is -3.13. The van der Waals surface area contributed by atoms with Crippen LogP contribution >= 0.6 is 11.8 Å². The van der Waals surface area contributed by atoms with Gasteiger partial charge < -0.3 is 10.1 Å². The van der Waals surface area contributed by atoms with Crippen LogP contribution in [0.25, 0.3) is 11.4 Å². The van der Waals surface area contributed by atoms with Gasteiger partial charge in [-0.2, -0.15) is 0 Å². The molecule has 150 valence electrons. The first-order valence-electron chi connectivity index (χ1n) is 8.94. The van der Waals surface area contributed by atoms with E-state index in [1.165, 1.54) is 36.0 Å². The van der Waals surface area contributed by atoms with E-state index in [1.54, 1.807) is 20.1 Å². The van der Waals surface area contributed by atoms with Gasteiger partial charge in [-0.1, -0.05) is 30.0 Å². The lowest BCUT2D eigenvalue weighted by atomic mass is 10.2. The molecule has 29 heavy (non-hydrogen) atoms. The van der Waals surface area contributed by atoms with Gasteiger partial charge >= 0.3 is 0 Å². The number of halogens is 1. The maximum atomic E-state index is 13.0. The van der Waals surface area contributed by atoms with Crippen LogP contribution < -0.4 is 10.1 Å². The van der Waals surface area contributed by atoms with E-state index in [4.69, 9.17) is 4.74 Å². The van der Waals surface area contributed by atoms with Crippen molar-refractivity contribution in [1.82, 2.24) is 14.8 Å². The first-order chi connectivity index (χ1) is 14.0. The number of allylic oxidation sites excluding steroid dienone is 1. The summed E-state index contributed by atoms with van der Waals surface area (Å²) in [5.74, 6) is 0.750. The molecule has 0 spiro atoms. The van der Waals surface area contributed by atoms with Gasteiger partial charge in [0.15, 0.2) is 11.0 Å². The summed E-state index contributed by atoms with van der Waals surface area (Å²) >= 11 is 1.28. The first-order valence-corrected chi connectivity index (χ1v) is 9.82. The molecule has 1 aromatic heterocycles. The predicted octanol–water partition coefficient (Wildman–Crippen LogP) is 4.40. The number of anilines is 1. The number of hydrogen-bond donors (Lipinski definition) is 1. The van der Waals surface area contributed by atoms with Crippen LogP contribution in [0.5, 0.6) is 5.75 Å². The van der Waals surface area contributed by atoms with Crippen LogP contribution in [-0.4, -0.2) is 33.0 Å². The van der Waals surface area contributed by atoms with Gasteiger partial charge in [0, 0.05) is 12.2 Å². The molecule has 0 unspecified atom stereocenters. The van der Waals surface area contributed by atoms with E-state index in [2.05, 4.69) is 22.1 Å². The van der Waals surface area contributed by atoms with E-state index in [9.17, 15) is 9.18 Å². The van der Waals surface area contributed by atoms with Gasteiger partial charge in [0.2, 0.25) is 5.91 Å². The Morgan fingerprint density at radius 1 is 1.28 bits per heavy atom. The summed E-state index contributed by atoms with van der Waals surface area (Å²) in [5.41, 5.74) is 1.34. The van der Waals surface area contributed by atoms with Gasteiger partial charge in [0.05, 0.1) is 17.9 Å². The highest BCUT2D eigenvalue weighted by atomic mass is 32.2. The smallest absolute Gasteiger partial charge is 0.237 e. The number of carbonyl (C=O) groups excluding carboxylic acids is 1. The molecule has 0 saturated carbocycles. The highest BCUT2D eigenvalue weighted by Gasteiger charge is 2.21. The van der Waals surface area contributed by atoms with Crippen LogP contribution in [-0.2, 0) is 11.3 Å². The maximum Gasteiger partial charge on any atom is 0.237 e. The average molecular weight is 412 g/mol. The lowest BCUT2D eigenvalue weighted by Crippen LogP contribution is -2.23. The summed E-state index contributed by atoms with van der Waals surface area (Å²) in [6.45, 7) is 6.06. The summed E-state index contributed by atoms with van der Waals surface area (Å²) < 4.78 is 20.3. The van der Waals surface area contributed by atoms with Crippen molar-refractivity contribution in [2.24, 2.45) is 0 Å². The number of benzene rings is 2. The Kier molecular flexibility index (Phi) is 6.66. The zero-order chi connectivity index (χ0) is 20.8. The van der Waals surface area contributed by atoms with Crippen LogP contribution in [0.3, 0.4) is 0 Å². The fourth-order valence-corrected chi connectivity index (χ4v) is 3.55. The summed E-state index contributed by atoms with van der Waals surface area (Å²) in [7, 11) is 1.60. The fourth-order valence-electron chi connectivity index (χ4n) is 2.69. The number of thioether (sulfide) groups is 1. The molecule has 0 aliphatic rings. The van der Waals surface area contributed by atoms with E-state index in [-0.39, 0.29) is 11.7 Å². The number of amides is 1. The molecule has 0 saturated heterocycles. The third kappa shape index (κ3) is 4.83. The number of nitrogens with zero attached hydrogens (tertiary/aromatic N) is 3.